The average molecular weight is 456 g/mol. The molecule has 0 saturated carbocycles. The van der Waals surface area contributed by atoms with Gasteiger partial charge >= 0.3 is 0 Å². The van der Waals surface area contributed by atoms with Crippen molar-refractivity contribution in [2.24, 2.45) is 0 Å². The Morgan fingerprint density at radius 1 is 1.16 bits per heavy atom. The lowest BCUT2D eigenvalue weighted by Crippen LogP contribution is -2.34. The van der Waals surface area contributed by atoms with Crippen molar-refractivity contribution in [3.8, 4) is 0 Å². The summed E-state index contributed by atoms with van der Waals surface area (Å²) in [6, 6.07) is 8.47. The van der Waals surface area contributed by atoms with Crippen LogP contribution in [0, 0.1) is 0 Å². The van der Waals surface area contributed by atoms with Gasteiger partial charge in [0.15, 0.2) is 5.69 Å². The van der Waals surface area contributed by atoms with E-state index in [1.54, 1.807) is 17.1 Å². The molecule has 32 heavy (non-hydrogen) atoms. The number of hydrogen-bond acceptors (Lipinski definition) is 6. The topological polar surface area (TPSA) is 88.0 Å². The lowest BCUT2D eigenvalue weighted by Gasteiger charge is -2.23. The monoisotopic (exact) mass is 455 g/mol. The summed E-state index contributed by atoms with van der Waals surface area (Å²) in [5, 5.41) is 15.7. The summed E-state index contributed by atoms with van der Waals surface area (Å²) in [5.41, 5.74) is 3.13. The van der Waals surface area contributed by atoms with Gasteiger partial charge in [0.25, 0.3) is 5.91 Å². The highest BCUT2D eigenvalue weighted by Crippen LogP contribution is 2.32. The molecule has 2 fully saturated rings. The fraction of sp³-hybridized carbons (Fsp3) is 0.478. The Labute approximate surface area is 194 Å². The van der Waals surface area contributed by atoms with Crippen LogP contribution in [0.15, 0.2) is 36.7 Å². The number of aromatic nitrogens is 4. The van der Waals surface area contributed by atoms with Crippen molar-refractivity contribution in [2.45, 2.75) is 51.1 Å². The van der Waals surface area contributed by atoms with E-state index in [0.29, 0.717) is 11.7 Å². The van der Waals surface area contributed by atoms with Crippen LogP contribution in [-0.4, -0.2) is 51.6 Å². The number of hydrogen-bond donors (Lipinski definition) is 2. The van der Waals surface area contributed by atoms with E-state index in [4.69, 9.17) is 0 Å². The molecule has 8 nitrogen and oxygen atoms in total. The minimum Gasteiger partial charge on any atom is -0.370 e. The van der Waals surface area contributed by atoms with Crippen molar-refractivity contribution in [3.63, 3.8) is 0 Å². The average Bonchev–Trinajstić information content (AvgIpc) is 3.51. The van der Waals surface area contributed by atoms with Crippen molar-refractivity contribution >= 4 is 40.6 Å². The molecule has 0 spiro atoms. The van der Waals surface area contributed by atoms with Gasteiger partial charge in [0.1, 0.15) is 0 Å². The van der Waals surface area contributed by atoms with Crippen molar-refractivity contribution in [1.82, 2.24) is 25.3 Å². The number of nitrogens with one attached hydrogen (secondary N) is 2. The maximum absolute atomic E-state index is 12.8. The number of carbonyl (C=O) groups is 1. The molecule has 9 heteroatoms. The van der Waals surface area contributed by atoms with E-state index >= 15 is 0 Å². The quantitative estimate of drug-likeness (QED) is 0.590. The first-order valence-electron chi connectivity index (χ1n) is 11.4. The molecule has 1 atom stereocenters. The number of pyridine rings is 1. The summed E-state index contributed by atoms with van der Waals surface area (Å²) in [6.07, 6.45) is 10.7. The van der Waals surface area contributed by atoms with Gasteiger partial charge in [-0.2, -0.15) is 0 Å². The van der Waals surface area contributed by atoms with Gasteiger partial charge in [-0.05, 0) is 62.9 Å². The first-order chi connectivity index (χ1) is 15.3. The summed E-state index contributed by atoms with van der Waals surface area (Å²) in [5.74, 6) is -0.249. The lowest BCUT2D eigenvalue weighted by atomic mass is 10.0. The van der Waals surface area contributed by atoms with Gasteiger partial charge in [-0.3, -0.25) is 14.5 Å². The predicted octanol–water partition coefficient (Wildman–Crippen LogP) is 3.63. The number of benzene rings is 1. The molecule has 2 aromatic heterocycles. The van der Waals surface area contributed by atoms with Crippen LogP contribution in [-0.2, 0) is 6.54 Å². The molecule has 3 aromatic rings. The van der Waals surface area contributed by atoms with Crippen LogP contribution in [0.1, 0.15) is 49.0 Å². The van der Waals surface area contributed by atoms with E-state index in [1.165, 1.54) is 32.1 Å². The molecule has 0 radical (unpaired) electrons. The fourth-order valence-corrected chi connectivity index (χ4v) is 4.64. The highest BCUT2D eigenvalue weighted by molar-refractivity contribution is 6.09. The Morgan fingerprint density at radius 2 is 2.03 bits per heavy atom. The number of halogens is 1. The second kappa shape index (κ2) is 10.3. The standard InChI is InChI=1S/C23H29N7O.ClH/c31-23(20-16-30(28-27-20)15-10-17-6-1-2-11-24-17)26-19-8-9-21(29-13-3-4-14-29)22-18(19)7-5-12-25-22;/h5,7-9,12,16-17,24H,1-4,6,10-11,13-15H2,(H,26,31);1H. The molecule has 0 bridgehead atoms. The molecule has 2 saturated heterocycles. The molecule has 170 valence electrons. The summed E-state index contributed by atoms with van der Waals surface area (Å²) < 4.78 is 1.77. The highest BCUT2D eigenvalue weighted by Gasteiger charge is 2.19. The lowest BCUT2D eigenvalue weighted by molar-refractivity contribution is 0.102. The number of amides is 1. The van der Waals surface area contributed by atoms with Gasteiger partial charge in [-0.25, -0.2) is 0 Å². The molecular formula is C23H30ClN7O. The molecular weight excluding hydrogens is 426 g/mol. The molecule has 2 N–H and O–H groups in total. The zero-order valence-electron chi connectivity index (χ0n) is 18.2. The Bertz CT molecular complexity index is 1060. The van der Waals surface area contributed by atoms with Gasteiger partial charge in [-0.15, -0.1) is 17.5 Å². The Morgan fingerprint density at radius 3 is 2.84 bits per heavy atom. The fourth-order valence-electron chi connectivity index (χ4n) is 4.64. The number of carbonyl (C=O) groups excluding carboxylic acids is 1. The number of rotatable bonds is 6. The van der Waals surface area contributed by atoms with Gasteiger partial charge in [0, 0.05) is 37.3 Å². The molecule has 0 aliphatic carbocycles. The van der Waals surface area contributed by atoms with E-state index in [9.17, 15) is 4.79 Å². The predicted molar refractivity (Wildman–Crippen MR) is 129 cm³/mol. The van der Waals surface area contributed by atoms with E-state index in [0.717, 1.165) is 54.9 Å². The van der Waals surface area contributed by atoms with Crippen molar-refractivity contribution in [2.75, 3.05) is 29.9 Å². The Hall–Kier alpha value is -2.71. The van der Waals surface area contributed by atoms with Crippen LogP contribution >= 0.6 is 12.4 Å². The number of aryl methyl sites for hydroxylation is 1. The zero-order chi connectivity index (χ0) is 21.0. The maximum atomic E-state index is 12.8. The highest BCUT2D eigenvalue weighted by atomic mass is 35.5. The van der Waals surface area contributed by atoms with Crippen LogP contribution in [0.25, 0.3) is 10.9 Å². The molecule has 2 aliphatic rings. The van der Waals surface area contributed by atoms with Gasteiger partial charge in [0.2, 0.25) is 0 Å². The van der Waals surface area contributed by atoms with Gasteiger partial charge in [-0.1, -0.05) is 11.6 Å². The molecule has 1 aromatic carbocycles. The van der Waals surface area contributed by atoms with Gasteiger partial charge < -0.3 is 15.5 Å². The second-order valence-corrected chi connectivity index (χ2v) is 8.48. The van der Waals surface area contributed by atoms with E-state index < -0.39 is 0 Å². The van der Waals surface area contributed by atoms with Crippen LogP contribution in [0.2, 0.25) is 0 Å². The molecule has 4 heterocycles. The number of piperidine rings is 1. The largest absolute Gasteiger partial charge is 0.370 e. The second-order valence-electron chi connectivity index (χ2n) is 8.48. The van der Waals surface area contributed by atoms with Gasteiger partial charge in [0.05, 0.1) is 23.1 Å². The van der Waals surface area contributed by atoms with Crippen LogP contribution in [0.5, 0.6) is 0 Å². The number of fused-ring (bicyclic) bond motifs is 1. The smallest absolute Gasteiger partial charge is 0.277 e. The van der Waals surface area contributed by atoms with E-state index in [2.05, 4.69) is 36.9 Å². The minimum atomic E-state index is -0.249. The molecule has 5 rings (SSSR count). The third kappa shape index (κ3) is 4.86. The first-order valence-corrected chi connectivity index (χ1v) is 11.4. The van der Waals surface area contributed by atoms with E-state index in [-0.39, 0.29) is 18.3 Å². The zero-order valence-corrected chi connectivity index (χ0v) is 19.0. The SMILES string of the molecule is Cl.O=C(Nc1ccc(N2CCCC2)c2ncccc12)c1cn(CCC2CCCCN2)nn1. The summed E-state index contributed by atoms with van der Waals surface area (Å²) >= 11 is 0. The molecule has 1 unspecified atom stereocenters. The molecule has 2 aliphatic heterocycles. The number of anilines is 2. The first kappa shape index (κ1) is 22.5. The number of nitrogens with zero attached hydrogens (tertiary/aromatic N) is 5. The normalized spacial score (nSPS) is 18.5. The van der Waals surface area contributed by atoms with Crippen LogP contribution in [0.3, 0.4) is 0 Å². The summed E-state index contributed by atoms with van der Waals surface area (Å²) in [7, 11) is 0. The third-order valence-corrected chi connectivity index (χ3v) is 6.33. The van der Waals surface area contributed by atoms with E-state index in [1.807, 2.05) is 18.2 Å². The van der Waals surface area contributed by atoms with Crippen molar-refractivity contribution in [3.05, 3.63) is 42.4 Å². The van der Waals surface area contributed by atoms with Crippen molar-refractivity contribution < 1.29 is 4.79 Å². The maximum Gasteiger partial charge on any atom is 0.277 e. The third-order valence-electron chi connectivity index (χ3n) is 6.33. The molecule has 1 amide bonds. The summed E-state index contributed by atoms with van der Waals surface area (Å²) in [6.45, 7) is 3.96. The van der Waals surface area contributed by atoms with Crippen LogP contribution < -0.4 is 15.5 Å². The summed E-state index contributed by atoms with van der Waals surface area (Å²) in [4.78, 5) is 19.8. The Balaban J connectivity index is 0.00000245. The van der Waals surface area contributed by atoms with Crippen molar-refractivity contribution in [1.29, 1.82) is 0 Å². The minimum absolute atomic E-state index is 0. The van der Waals surface area contributed by atoms with Crippen LogP contribution in [0.4, 0.5) is 11.4 Å². The Kier molecular flexibility index (Phi) is 7.22.